The summed E-state index contributed by atoms with van der Waals surface area (Å²) in [5.41, 5.74) is 0.808. The van der Waals surface area contributed by atoms with Crippen LogP contribution in [0.1, 0.15) is 37.8 Å². The third-order valence-corrected chi connectivity index (χ3v) is 3.58. The van der Waals surface area contributed by atoms with Gasteiger partial charge >= 0.3 is 0 Å². The molecular weight excluding hydrogens is 248 g/mol. The molecule has 0 aromatic heterocycles. The number of rotatable bonds is 5. The molecule has 0 bridgehead atoms. The lowest BCUT2D eigenvalue weighted by molar-refractivity contribution is 0.0390. The van der Waals surface area contributed by atoms with Crippen molar-refractivity contribution in [3.63, 3.8) is 0 Å². The number of hydrogen-bond donors (Lipinski definition) is 1. The van der Waals surface area contributed by atoms with Crippen molar-refractivity contribution in [2.45, 2.75) is 32.2 Å². The molecule has 1 aromatic rings. The number of ether oxygens (including phenoxy) is 1. The van der Waals surface area contributed by atoms with Gasteiger partial charge in [0, 0.05) is 18.6 Å². The second-order valence-electron chi connectivity index (χ2n) is 5.08. The molecule has 1 fully saturated rings. The molecule has 0 radical (unpaired) electrons. The van der Waals surface area contributed by atoms with Crippen LogP contribution in [0, 0.1) is 17.6 Å². The van der Waals surface area contributed by atoms with E-state index in [4.69, 9.17) is 4.74 Å². The highest BCUT2D eigenvalue weighted by Gasteiger charge is 2.25. The third-order valence-electron chi connectivity index (χ3n) is 3.58. The van der Waals surface area contributed by atoms with Gasteiger partial charge in [-0.3, -0.25) is 0 Å². The van der Waals surface area contributed by atoms with E-state index < -0.39 is 11.6 Å². The molecule has 1 saturated heterocycles. The summed E-state index contributed by atoms with van der Waals surface area (Å²) >= 11 is 0. The number of benzene rings is 1. The standard InChI is InChI=1S/C15H21F2NO/c1-2-7-18-15(12-4-3-8-19-10-12)11-5-6-13(16)14(17)9-11/h5-6,9,12,15,18H,2-4,7-8,10H2,1H3. The molecule has 0 spiro atoms. The molecule has 2 rings (SSSR count). The van der Waals surface area contributed by atoms with Crippen LogP contribution in [0.2, 0.25) is 0 Å². The fourth-order valence-electron chi connectivity index (χ4n) is 2.59. The van der Waals surface area contributed by atoms with E-state index in [1.54, 1.807) is 6.07 Å². The zero-order valence-corrected chi connectivity index (χ0v) is 11.3. The Bertz CT molecular complexity index is 405. The topological polar surface area (TPSA) is 21.3 Å². The van der Waals surface area contributed by atoms with Gasteiger partial charge in [0.15, 0.2) is 11.6 Å². The molecule has 0 aliphatic carbocycles. The summed E-state index contributed by atoms with van der Waals surface area (Å²) in [6, 6.07) is 4.21. The molecule has 1 N–H and O–H groups in total. The summed E-state index contributed by atoms with van der Waals surface area (Å²) < 4.78 is 31.9. The maximum absolute atomic E-state index is 13.4. The highest BCUT2D eigenvalue weighted by molar-refractivity contribution is 5.22. The summed E-state index contributed by atoms with van der Waals surface area (Å²) in [5.74, 6) is -1.25. The summed E-state index contributed by atoms with van der Waals surface area (Å²) in [5, 5.41) is 3.43. The normalized spacial score (nSPS) is 21.3. The Morgan fingerprint density at radius 3 is 2.84 bits per heavy atom. The summed E-state index contributed by atoms with van der Waals surface area (Å²) in [4.78, 5) is 0. The van der Waals surface area contributed by atoms with Crippen LogP contribution in [-0.2, 0) is 4.74 Å². The Kier molecular flexibility index (Phi) is 5.28. The van der Waals surface area contributed by atoms with Crippen molar-refractivity contribution in [1.29, 1.82) is 0 Å². The van der Waals surface area contributed by atoms with Gasteiger partial charge < -0.3 is 10.1 Å². The molecule has 2 unspecified atom stereocenters. The van der Waals surface area contributed by atoms with Gasteiger partial charge in [0.25, 0.3) is 0 Å². The first-order valence-corrected chi connectivity index (χ1v) is 6.98. The maximum atomic E-state index is 13.4. The van der Waals surface area contributed by atoms with Crippen LogP contribution in [-0.4, -0.2) is 19.8 Å². The van der Waals surface area contributed by atoms with Crippen molar-refractivity contribution in [1.82, 2.24) is 5.32 Å². The molecule has 1 aromatic carbocycles. The van der Waals surface area contributed by atoms with Crippen molar-refractivity contribution in [3.8, 4) is 0 Å². The molecule has 106 valence electrons. The van der Waals surface area contributed by atoms with Crippen LogP contribution in [0.3, 0.4) is 0 Å². The van der Waals surface area contributed by atoms with Crippen molar-refractivity contribution in [2.75, 3.05) is 19.8 Å². The minimum absolute atomic E-state index is 0.0374. The van der Waals surface area contributed by atoms with E-state index in [2.05, 4.69) is 12.2 Å². The number of nitrogens with one attached hydrogen (secondary N) is 1. The zero-order chi connectivity index (χ0) is 13.7. The van der Waals surface area contributed by atoms with E-state index in [0.29, 0.717) is 12.5 Å². The van der Waals surface area contributed by atoms with Crippen LogP contribution >= 0.6 is 0 Å². The molecule has 4 heteroatoms. The fourth-order valence-corrected chi connectivity index (χ4v) is 2.59. The first-order valence-electron chi connectivity index (χ1n) is 6.98. The van der Waals surface area contributed by atoms with Crippen LogP contribution in [0.4, 0.5) is 8.78 Å². The monoisotopic (exact) mass is 269 g/mol. The SMILES string of the molecule is CCCNC(c1ccc(F)c(F)c1)C1CCCOC1. The molecule has 19 heavy (non-hydrogen) atoms. The molecule has 0 saturated carbocycles. The van der Waals surface area contributed by atoms with Crippen molar-refractivity contribution in [2.24, 2.45) is 5.92 Å². The Morgan fingerprint density at radius 2 is 2.21 bits per heavy atom. The Morgan fingerprint density at radius 1 is 1.37 bits per heavy atom. The van der Waals surface area contributed by atoms with E-state index in [9.17, 15) is 8.78 Å². The van der Waals surface area contributed by atoms with Gasteiger partial charge in [-0.05, 0) is 43.5 Å². The first kappa shape index (κ1) is 14.4. The lowest BCUT2D eigenvalue weighted by Gasteiger charge is -2.31. The lowest BCUT2D eigenvalue weighted by atomic mass is 9.88. The predicted molar refractivity (Wildman–Crippen MR) is 70.9 cm³/mol. The minimum atomic E-state index is -0.794. The summed E-state index contributed by atoms with van der Waals surface area (Å²) in [6.45, 7) is 4.43. The van der Waals surface area contributed by atoms with Crippen molar-refractivity contribution < 1.29 is 13.5 Å². The number of hydrogen-bond acceptors (Lipinski definition) is 2. The zero-order valence-electron chi connectivity index (χ0n) is 11.3. The second-order valence-corrected chi connectivity index (χ2v) is 5.08. The van der Waals surface area contributed by atoms with Gasteiger partial charge in [0.05, 0.1) is 6.61 Å². The second kappa shape index (κ2) is 6.96. The van der Waals surface area contributed by atoms with Crippen molar-refractivity contribution >= 4 is 0 Å². The molecule has 1 aliphatic heterocycles. The van der Waals surface area contributed by atoms with Gasteiger partial charge in [0.1, 0.15) is 0 Å². The Hall–Kier alpha value is -1.00. The van der Waals surface area contributed by atoms with E-state index in [0.717, 1.165) is 38.0 Å². The third kappa shape index (κ3) is 3.74. The van der Waals surface area contributed by atoms with Crippen molar-refractivity contribution in [3.05, 3.63) is 35.4 Å². The quantitative estimate of drug-likeness (QED) is 0.884. The van der Waals surface area contributed by atoms with Gasteiger partial charge in [-0.2, -0.15) is 0 Å². The molecule has 1 aliphatic rings. The lowest BCUT2D eigenvalue weighted by Crippen LogP contribution is -2.34. The van der Waals surface area contributed by atoms with Gasteiger partial charge in [-0.15, -0.1) is 0 Å². The van der Waals surface area contributed by atoms with Gasteiger partial charge in [-0.1, -0.05) is 13.0 Å². The van der Waals surface area contributed by atoms with E-state index >= 15 is 0 Å². The predicted octanol–water partition coefficient (Wildman–Crippen LogP) is 3.43. The smallest absolute Gasteiger partial charge is 0.159 e. The largest absolute Gasteiger partial charge is 0.381 e. The summed E-state index contributed by atoms with van der Waals surface area (Å²) in [6.07, 6.45) is 3.09. The van der Waals surface area contributed by atoms with E-state index in [1.807, 2.05) is 0 Å². The van der Waals surface area contributed by atoms with Crippen LogP contribution < -0.4 is 5.32 Å². The average Bonchev–Trinajstić information content (AvgIpc) is 2.44. The van der Waals surface area contributed by atoms with Gasteiger partial charge in [0.2, 0.25) is 0 Å². The Labute approximate surface area is 113 Å². The molecular formula is C15H21F2NO. The number of halogens is 2. The molecule has 0 amide bonds. The van der Waals surface area contributed by atoms with Crippen LogP contribution in [0.5, 0.6) is 0 Å². The first-order chi connectivity index (χ1) is 9.22. The molecule has 2 atom stereocenters. The molecule has 2 nitrogen and oxygen atoms in total. The fraction of sp³-hybridized carbons (Fsp3) is 0.600. The summed E-state index contributed by atoms with van der Waals surface area (Å²) in [7, 11) is 0. The van der Waals surface area contributed by atoms with Gasteiger partial charge in [-0.25, -0.2) is 8.78 Å². The minimum Gasteiger partial charge on any atom is -0.381 e. The van der Waals surface area contributed by atoms with E-state index in [1.165, 1.54) is 12.1 Å². The van der Waals surface area contributed by atoms with Crippen LogP contribution in [0.25, 0.3) is 0 Å². The van der Waals surface area contributed by atoms with Crippen LogP contribution in [0.15, 0.2) is 18.2 Å². The maximum Gasteiger partial charge on any atom is 0.159 e. The molecule has 1 heterocycles. The Balaban J connectivity index is 2.17. The van der Waals surface area contributed by atoms with E-state index in [-0.39, 0.29) is 6.04 Å². The average molecular weight is 269 g/mol. The highest BCUT2D eigenvalue weighted by atomic mass is 19.2. The highest BCUT2D eigenvalue weighted by Crippen LogP contribution is 2.29.